The van der Waals surface area contributed by atoms with Crippen molar-refractivity contribution in [3.63, 3.8) is 0 Å². The number of halogens is 2. The van der Waals surface area contributed by atoms with E-state index >= 15 is 0 Å². The van der Waals surface area contributed by atoms with Gasteiger partial charge < -0.3 is 5.11 Å². The molecule has 0 aliphatic carbocycles. The predicted octanol–water partition coefficient (Wildman–Crippen LogP) is 5.02. The fourth-order valence-electron chi connectivity index (χ4n) is 3.76. The van der Waals surface area contributed by atoms with Crippen LogP contribution in [0, 0.1) is 5.82 Å². The summed E-state index contributed by atoms with van der Waals surface area (Å²) < 4.78 is 13.1. The van der Waals surface area contributed by atoms with E-state index in [9.17, 15) is 9.50 Å². The Kier molecular flexibility index (Phi) is 5.44. The summed E-state index contributed by atoms with van der Waals surface area (Å²) in [5.74, 6) is -0.241. The topological polar surface area (TPSA) is 36.4 Å². The Balaban J connectivity index is 1.42. The van der Waals surface area contributed by atoms with E-state index in [4.69, 9.17) is 11.6 Å². The summed E-state index contributed by atoms with van der Waals surface area (Å²) >= 11 is 5.96. The first-order valence-corrected chi connectivity index (χ1v) is 9.80. The van der Waals surface area contributed by atoms with Gasteiger partial charge in [0.15, 0.2) is 0 Å². The van der Waals surface area contributed by atoms with Gasteiger partial charge in [0.05, 0.1) is 5.60 Å². The maximum atomic E-state index is 13.1. The van der Waals surface area contributed by atoms with E-state index in [0.717, 1.165) is 41.9 Å². The van der Waals surface area contributed by atoms with Crippen LogP contribution in [0.25, 0.3) is 11.1 Å². The molecular formula is C23H22ClFN2O. The van der Waals surface area contributed by atoms with Crippen LogP contribution in [0.3, 0.4) is 0 Å². The van der Waals surface area contributed by atoms with Crippen molar-refractivity contribution in [2.24, 2.45) is 0 Å². The van der Waals surface area contributed by atoms with Gasteiger partial charge in [0.2, 0.25) is 0 Å². The van der Waals surface area contributed by atoms with E-state index in [1.807, 2.05) is 30.5 Å². The summed E-state index contributed by atoms with van der Waals surface area (Å²) in [5, 5.41) is 11.7. The molecule has 0 bridgehead atoms. The molecule has 2 heterocycles. The largest absolute Gasteiger partial charge is 0.385 e. The highest BCUT2D eigenvalue weighted by atomic mass is 35.5. The Morgan fingerprint density at radius 1 is 0.964 bits per heavy atom. The summed E-state index contributed by atoms with van der Waals surface area (Å²) in [6.45, 7) is 2.39. The van der Waals surface area contributed by atoms with Crippen LogP contribution in [-0.4, -0.2) is 28.1 Å². The number of hydrogen-bond donors (Lipinski definition) is 1. The molecule has 5 heteroatoms. The third-order valence-corrected chi connectivity index (χ3v) is 5.70. The van der Waals surface area contributed by atoms with E-state index in [-0.39, 0.29) is 5.82 Å². The number of benzene rings is 2. The van der Waals surface area contributed by atoms with Gasteiger partial charge in [0.25, 0.3) is 0 Å². The van der Waals surface area contributed by atoms with Crippen LogP contribution >= 0.6 is 11.6 Å². The molecule has 3 nitrogen and oxygen atoms in total. The molecule has 2 aromatic carbocycles. The van der Waals surface area contributed by atoms with Crippen LogP contribution in [0.5, 0.6) is 0 Å². The third kappa shape index (κ3) is 4.25. The number of aromatic nitrogens is 1. The first-order chi connectivity index (χ1) is 13.5. The molecule has 28 heavy (non-hydrogen) atoms. The first-order valence-electron chi connectivity index (χ1n) is 9.42. The molecule has 0 radical (unpaired) electrons. The van der Waals surface area contributed by atoms with Gasteiger partial charge in [-0.2, -0.15) is 0 Å². The molecule has 0 unspecified atom stereocenters. The van der Waals surface area contributed by atoms with Crippen molar-refractivity contribution >= 4 is 11.6 Å². The minimum absolute atomic E-state index is 0.241. The second kappa shape index (κ2) is 8.00. The molecule has 0 amide bonds. The second-order valence-corrected chi connectivity index (χ2v) is 7.84. The monoisotopic (exact) mass is 396 g/mol. The van der Waals surface area contributed by atoms with E-state index in [0.29, 0.717) is 17.9 Å². The lowest BCUT2D eigenvalue weighted by Gasteiger charge is -2.38. The molecule has 1 saturated heterocycles. The highest BCUT2D eigenvalue weighted by Crippen LogP contribution is 2.34. The van der Waals surface area contributed by atoms with Crippen LogP contribution in [0.1, 0.15) is 24.0 Å². The van der Waals surface area contributed by atoms with Crippen molar-refractivity contribution in [3.8, 4) is 11.1 Å². The van der Waals surface area contributed by atoms with Gasteiger partial charge in [0.1, 0.15) is 5.82 Å². The average Bonchev–Trinajstić information content (AvgIpc) is 2.71. The Morgan fingerprint density at radius 3 is 2.32 bits per heavy atom. The van der Waals surface area contributed by atoms with Gasteiger partial charge in [-0.15, -0.1) is 0 Å². The van der Waals surface area contributed by atoms with Crippen LogP contribution in [0.4, 0.5) is 4.39 Å². The lowest BCUT2D eigenvalue weighted by molar-refractivity contribution is -0.0277. The summed E-state index contributed by atoms with van der Waals surface area (Å²) in [4.78, 5) is 6.68. The number of hydrogen-bond acceptors (Lipinski definition) is 3. The normalized spacial score (nSPS) is 16.8. The quantitative estimate of drug-likeness (QED) is 0.672. The summed E-state index contributed by atoms with van der Waals surface area (Å²) in [7, 11) is 0. The summed E-state index contributed by atoms with van der Waals surface area (Å²) in [6.07, 6.45) is 5.03. The molecule has 3 aromatic rings. The van der Waals surface area contributed by atoms with Crippen LogP contribution in [-0.2, 0) is 12.1 Å². The molecule has 1 aliphatic rings. The van der Waals surface area contributed by atoms with Crippen molar-refractivity contribution in [1.82, 2.24) is 9.88 Å². The van der Waals surface area contributed by atoms with Crippen LogP contribution in [0.15, 0.2) is 67.0 Å². The average molecular weight is 397 g/mol. The maximum absolute atomic E-state index is 13.1. The van der Waals surface area contributed by atoms with E-state index in [1.165, 1.54) is 12.1 Å². The highest BCUT2D eigenvalue weighted by Gasteiger charge is 2.33. The van der Waals surface area contributed by atoms with Gasteiger partial charge in [-0.3, -0.25) is 9.88 Å². The minimum Gasteiger partial charge on any atom is -0.385 e. The predicted molar refractivity (Wildman–Crippen MR) is 109 cm³/mol. The third-order valence-electron chi connectivity index (χ3n) is 5.44. The second-order valence-electron chi connectivity index (χ2n) is 7.40. The Labute approximate surface area is 169 Å². The molecule has 0 atom stereocenters. The number of rotatable bonds is 4. The van der Waals surface area contributed by atoms with Crippen molar-refractivity contribution in [2.75, 3.05) is 13.1 Å². The van der Waals surface area contributed by atoms with Crippen LogP contribution < -0.4 is 0 Å². The molecular weight excluding hydrogens is 375 g/mol. The van der Waals surface area contributed by atoms with E-state index < -0.39 is 5.60 Å². The maximum Gasteiger partial charge on any atom is 0.123 e. The van der Waals surface area contributed by atoms with Gasteiger partial charge in [-0.05, 0) is 59.9 Å². The first kappa shape index (κ1) is 19.1. The molecule has 4 rings (SSSR count). The van der Waals surface area contributed by atoms with Gasteiger partial charge in [-0.25, -0.2) is 4.39 Å². The summed E-state index contributed by atoms with van der Waals surface area (Å²) in [5.41, 5.74) is 3.17. The standard InChI is InChI=1S/C23H22ClFN2O/c24-21-5-3-20(4-6-21)23(28)9-11-27(12-10-23)16-17-13-19(15-26-14-17)18-1-7-22(25)8-2-18/h1-8,13-15,28H,9-12,16H2. The fraction of sp³-hybridized carbons (Fsp3) is 0.261. The Morgan fingerprint density at radius 2 is 1.64 bits per heavy atom. The number of likely N-dealkylation sites (tertiary alicyclic amines) is 1. The molecule has 0 saturated carbocycles. The minimum atomic E-state index is -0.796. The van der Waals surface area contributed by atoms with Crippen molar-refractivity contribution in [3.05, 3.63) is 89.0 Å². The molecule has 144 valence electrons. The van der Waals surface area contributed by atoms with Gasteiger partial charge >= 0.3 is 0 Å². The number of piperidine rings is 1. The molecule has 1 aliphatic heterocycles. The van der Waals surface area contributed by atoms with Crippen molar-refractivity contribution < 1.29 is 9.50 Å². The highest BCUT2D eigenvalue weighted by molar-refractivity contribution is 6.30. The number of aliphatic hydroxyl groups is 1. The molecule has 0 spiro atoms. The van der Waals surface area contributed by atoms with E-state index in [1.54, 1.807) is 18.3 Å². The van der Waals surface area contributed by atoms with Crippen molar-refractivity contribution in [1.29, 1.82) is 0 Å². The number of nitrogens with zero attached hydrogens (tertiary/aromatic N) is 2. The Bertz CT molecular complexity index is 936. The SMILES string of the molecule is OC1(c2ccc(Cl)cc2)CCN(Cc2cncc(-c3ccc(F)cc3)c2)CC1. The zero-order chi connectivity index (χ0) is 19.6. The van der Waals surface area contributed by atoms with Crippen molar-refractivity contribution in [2.45, 2.75) is 25.0 Å². The van der Waals surface area contributed by atoms with Gasteiger partial charge in [-0.1, -0.05) is 35.9 Å². The molecule has 1 N–H and O–H groups in total. The zero-order valence-electron chi connectivity index (χ0n) is 15.5. The number of pyridine rings is 1. The molecule has 1 fully saturated rings. The lowest BCUT2D eigenvalue weighted by atomic mass is 9.84. The summed E-state index contributed by atoms with van der Waals surface area (Å²) in [6, 6.07) is 16.0. The zero-order valence-corrected chi connectivity index (χ0v) is 16.2. The van der Waals surface area contributed by atoms with E-state index in [2.05, 4.69) is 16.0 Å². The van der Waals surface area contributed by atoms with Gasteiger partial charge in [0, 0.05) is 42.6 Å². The lowest BCUT2D eigenvalue weighted by Crippen LogP contribution is -2.42. The Hall–Kier alpha value is -2.27. The fourth-order valence-corrected chi connectivity index (χ4v) is 3.89. The smallest absolute Gasteiger partial charge is 0.123 e. The molecule has 1 aromatic heterocycles. The van der Waals surface area contributed by atoms with Crippen LogP contribution in [0.2, 0.25) is 5.02 Å².